The van der Waals surface area contributed by atoms with E-state index in [4.69, 9.17) is 24.2 Å². The molecule has 18 heavy (non-hydrogen) atoms. The fourth-order valence-electron chi connectivity index (χ4n) is 1.61. The van der Waals surface area contributed by atoms with Gasteiger partial charge in [0.1, 0.15) is 13.6 Å². The zero-order valence-electron chi connectivity index (χ0n) is 9.81. The van der Waals surface area contributed by atoms with Gasteiger partial charge in [-0.3, -0.25) is 4.79 Å². The molecule has 0 fully saturated rings. The van der Waals surface area contributed by atoms with Gasteiger partial charge in [-0.25, -0.2) is 0 Å². The molecule has 0 amide bonds. The second-order valence-electron chi connectivity index (χ2n) is 3.80. The molecule has 2 radical (unpaired) electrons. The normalized spacial score (nSPS) is 10.1. The Bertz CT molecular complexity index is 579. The molecular formula is C14H10BClO2. The molecule has 88 valence electrons. The minimum Gasteiger partial charge on any atom is -0.497 e. The average Bonchev–Trinajstić information content (AvgIpc) is 2.41. The van der Waals surface area contributed by atoms with Crippen LogP contribution in [0.3, 0.4) is 0 Å². The summed E-state index contributed by atoms with van der Waals surface area (Å²) in [7, 11) is 7.23. The van der Waals surface area contributed by atoms with Crippen molar-refractivity contribution in [2.45, 2.75) is 0 Å². The van der Waals surface area contributed by atoms with Crippen LogP contribution in [0.2, 0.25) is 5.02 Å². The Morgan fingerprint density at radius 3 is 2.44 bits per heavy atom. The van der Waals surface area contributed by atoms with Crippen molar-refractivity contribution in [2.24, 2.45) is 0 Å². The number of benzene rings is 2. The van der Waals surface area contributed by atoms with E-state index in [0.717, 1.165) is 0 Å². The Kier molecular flexibility index (Phi) is 3.73. The molecule has 2 nitrogen and oxygen atoms in total. The van der Waals surface area contributed by atoms with Gasteiger partial charge in [0, 0.05) is 11.1 Å². The number of halogens is 1. The summed E-state index contributed by atoms with van der Waals surface area (Å²) in [6, 6.07) is 11.7. The second kappa shape index (κ2) is 5.28. The standard InChI is InChI=1S/C14H10BClO2/c1-18-11-5-2-9(3-6-11)14(17)12-8-10(15)4-7-13(12)16/h2-8H,1H3. The predicted molar refractivity (Wildman–Crippen MR) is 73.3 cm³/mol. The minimum absolute atomic E-state index is 0.157. The molecule has 0 saturated heterocycles. The third-order valence-electron chi connectivity index (χ3n) is 2.59. The van der Waals surface area contributed by atoms with Crippen molar-refractivity contribution < 1.29 is 9.53 Å². The van der Waals surface area contributed by atoms with Gasteiger partial charge < -0.3 is 4.74 Å². The molecule has 0 aliphatic carbocycles. The quantitative estimate of drug-likeness (QED) is 0.622. The number of carbonyl (C=O) groups excluding carboxylic acids is 1. The summed E-state index contributed by atoms with van der Waals surface area (Å²) in [4.78, 5) is 12.2. The van der Waals surface area contributed by atoms with Crippen molar-refractivity contribution in [1.29, 1.82) is 0 Å². The van der Waals surface area contributed by atoms with Crippen LogP contribution in [0, 0.1) is 0 Å². The molecule has 2 aromatic carbocycles. The van der Waals surface area contributed by atoms with Crippen LogP contribution in [0.4, 0.5) is 0 Å². The molecule has 0 unspecified atom stereocenters. The molecule has 0 aliphatic rings. The summed E-state index contributed by atoms with van der Waals surface area (Å²) in [5, 5.41) is 0.394. The molecular weight excluding hydrogens is 246 g/mol. The van der Waals surface area contributed by atoms with Crippen LogP contribution in [0.1, 0.15) is 15.9 Å². The van der Waals surface area contributed by atoms with E-state index in [2.05, 4.69) is 0 Å². The van der Waals surface area contributed by atoms with E-state index in [-0.39, 0.29) is 5.78 Å². The second-order valence-corrected chi connectivity index (χ2v) is 4.20. The molecule has 0 bridgehead atoms. The van der Waals surface area contributed by atoms with E-state index in [1.807, 2.05) is 0 Å². The first kappa shape index (κ1) is 12.7. The van der Waals surface area contributed by atoms with Gasteiger partial charge in [-0.2, -0.15) is 0 Å². The first-order chi connectivity index (χ1) is 8.61. The van der Waals surface area contributed by atoms with E-state index < -0.39 is 0 Å². The Morgan fingerprint density at radius 2 is 1.83 bits per heavy atom. The van der Waals surface area contributed by atoms with Crippen LogP contribution < -0.4 is 10.2 Å². The van der Waals surface area contributed by atoms with Gasteiger partial charge >= 0.3 is 0 Å². The highest BCUT2D eigenvalue weighted by Crippen LogP contribution is 2.19. The van der Waals surface area contributed by atoms with Crippen LogP contribution >= 0.6 is 11.6 Å². The zero-order chi connectivity index (χ0) is 13.1. The highest BCUT2D eigenvalue weighted by atomic mass is 35.5. The van der Waals surface area contributed by atoms with E-state index in [1.165, 1.54) is 0 Å². The topological polar surface area (TPSA) is 26.3 Å². The SMILES string of the molecule is [B]c1ccc(Cl)c(C(=O)c2ccc(OC)cc2)c1. The largest absolute Gasteiger partial charge is 0.497 e. The Hall–Kier alpha value is -1.74. The number of ether oxygens (including phenoxy) is 1. The highest BCUT2D eigenvalue weighted by Gasteiger charge is 2.12. The molecule has 0 heterocycles. The van der Waals surface area contributed by atoms with Gasteiger partial charge in [0.2, 0.25) is 0 Å². The molecule has 0 atom stereocenters. The smallest absolute Gasteiger partial charge is 0.194 e. The number of hydrogen-bond acceptors (Lipinski definition) is 2. The van der Waals surface area contributed by atoms with Crippen molar-refractivity contribution in [1.82, 2.24) is 0 Å². The van der Waals surface area contributed by atoms with E-state index in [0.29, 0.717) is 27.4 Å². The molecule has 2 aromatic rings. The van der Waals surface area contributed by atoms with E-state index in [9.17, 15) is 4.79 Å². The Balaban J connectivity index is 2.38. The summed E-state index contributed by atoms with van der Waals surface area (Å²) in [5.41, 5.74) is 1.46. The third kappa shape index (κ3) is 2.57. The number of carbonyl (C=O) groups is 1. The van der Waals surface area contributed by atoms with Crippen LogP contribution in [-0.4, -0.2) is 20.7 Å². The van der Waals surface area contributed by atoms with Gasteiger partial charge in [0.25, 0.3) is 0 Å². The number of rotatable bonds is 3. The lowest BCUT2D eigenvalue weighted by atomic mass is 9.92. The van der Waals surface area contributed by atoms with Crippen molar-refractivity contribution in [3.8, 4) is 5.75 Å². The van der Waals surface area contributed by atoms with Crippen LogP contribution in [0.5, 0.6) is 5.75 Å². The van der Waals surface area contributed by atoms with Gasteiger partial charge in [-0.05, 0) is 30.3 Å². The van der Waals surface area contributed by atoms with Gasteiger partial charge in [0.05, 0.1) is 12.1 Å². The monoisotopic (exact) mass is 256 g/mol. The fourth-order valence-corrected chi connectivity index (χ4v) is 1.82. The van der Waals surface area contributed by atoms with Crippen LogP contribution in [0.25, 0.3) is 0 Å². The summed E-state index contributed by atoms with van der Waals surface area (Å²) in [5.74, 6) is 0.542. The van der Waals surface area contributed by atoms with E-state index in [1.54, 1.807) is 49.6 Å². The van der Waals surface area contributed by atoms with Gasteiger partial charge in [-0.15, -0.1) is 0 Å². The maximum absolute atomic E-state index is 12.2. The fraction of sp³-hybridized carbons (Fsp3) is 0.0714. The first-order valence-electron chi connectivity index (χ1n) is 5.35. The third-order valence-corrected chi connectivity index (χ3v) is 2.92. The summed E-state index contributed by atoms with van der Waals surface area (Å²) < 4.78 is 5.04. The maximum Gasteiger partial charge on any atom is 0.194 e. The number of methoxy groups -OCH3 is 1. The molecule has 2 rings (SSSR count). The number of ketones is 1. The lowest BCUT2D eigenvalue weighted by Gasteiger charge is -2.06. The van der Waals surface area contributed by atoms with Gasteiger partial charge in [-0.1, -0.05) is 29.2 Å². The molecule has 0 aromatic heterocycles. The highest BCUT2D eigenvalue weighted by molar-refractivity contribution is 6.37. The van der Waals surface area contributed by atoms with Crippen molar-refractivity contribution in [3.63, 3.8) is 0 Å². The minimum atomic E-state index is -0.157. The molecule has 0 N–H and O–H groups in total. The predicted octanol–water partition coefficient (Wildman–Crippen LogP) is 2.37. The molecule has 0 spiro atoms. The average molecular weight is 256 g/mol. The lowest BCUT2D eigenvalue weighted by Crippen LogP contribution is -2.09. The van der Waals surface area contributed by atoms with Crippen molar-refractivity contribution >= 4 is 30.7 Å². The lowest BCUT2D eigenvalue weighted by molar-refractivity contribution is 0.103. The summed E-state index contributed by atoms with van der Waals surface area (Å²) >= 11 is 6.00. The van der Waals surface area contributed by atoms with Crippen molar-refractivity contribution in [2.75, 3.05) is 7.11 Å². The van der Waals surface area contributed by atoms with Crippen LogP contribution in [-0.2, 0) is 0 Å². The summed E-state index contributed by atoms with van der Waals surface area (Å²) in [6.07, 6.45) is 0. The van der Waals surface area contributed by atoms with Crippen molar-refractivity contribution in [3.05, 3.63) is 58.6 Å². The first-order valence-corrected chi connectivity index (χ1v) is 5.73. The van der Waals surface area contributed by atoms with E-state index >= 15 is 0 Å². The molecule has 0 aliphatic heterocycles. The Labute approximate surface area is 112 Å². The van der Waals surface area contributed by atoms with Crippen LogP contribution in [0.15, 0.2) is 42.5 Å². The zero-order valence-corrected chi connectivity index (χ0v) is 10.6. The number of hydrogen-bond donors (Lipinski definition) is 0. The van der Waals surface area contributed by atoms with Gasteiger partial charge in [0.15, 0.2) is 5.78 Å². The summed E-state index contributed by atoms with van der Waals surface area (Å²) in [6.45, 7) is 0. The maximum atomic E-state index is 12.2. The molecule has 4 heteroatoms. The molecule has 0 saturated carbocycles. The Morgan fingerprint density at radius 1 is 1.17 bits per heavy atom.